The fourth-order valence-corrected chi connectivity index (χ4v) is 2.99. The highest BCUT2D eigenvalue weighted by molar-refractivity contribution is 6.31. The number of aromatic nitrogens is 1. The Kier molecular flexibility index (Phi) is 4.48. The molecule has 3 rings (SSSR count). The average Bonchev–Trinajstić information content (AvgIpc) is 2.98. The van der Waals surface area contributed by atoms with Crippen LogP contribution in [-0.4, -0.2) is 21.7 Å². The number of nitrogens with one attached hydrogen (secondary N) is 1. The molecule has 0 spiro atoms. The summed E-state index contributed by atoms with van der Waals surface area (Å²) in [7, 11) is 0. The van der Waals surface area contributed by atoms with Gasteiger partial charge in [-0.2, -0.15) is 0 Å². The second kappa shape index (κ2) is 6.61. The summed E-state index contributed by atoms with van der Waals surface area (Å²) in [6.07, 6.45) is 0. The van der Waals surface area contributed by atoms with E-state index < -0.39 is 22.6 Å². The average molecular weight is 372 g/mol. The summed E-state index contributed by atoms with van der Waals surface area (Å²) in [5.41, 5.74) is 0.951. The molecule has 132 valence electrons. The maximum absolute atomic E-state index is 12.9. The van der Waals surface area contributed by atoms with Gasteiger partial charge < -0.3 is 14.9 Å². The molecule has 1 unspecified atom stereocenters. The zero-order valence-corrected chi connectivity index (χ0v) is 14.2. The first-order valence-corrected chi connectivity index (χ1v) is 7.98. The number of nitro benzene ring substituents is 1. The number of ketones is 1. The number of nitro groups is 1. The van der Waals surface area contributed by atoms with E-state index >= 15 is 0 Å². The monoisotopic (exact) mass is 371 g/mol. The molecule has 0 aliphatic rings. The highest BCUT2D eigenvalue weighted by Gasteiger charge is 2.24. The number of carboxylic acids is 1. The predicted molar refractivity (Wildman–Crippen MR) is 93.3 cm³/mol. The number of benzene rings is 2. The third kappa shape index (κ3) is 3.04. The smallest absolute Gasteiger partial charge is 0.269 e. The molecule has 0 aliphatic heterocycles. The molecule has 0 aliphatic carbocycles. The molecular formula is C18H12ClN2O5-. The predicted octanol–water partition coefficient (Wildman–Crippen LogP) is 2.81. The molecule has 1 aromatic heterocycles. The van der Waals surface area contributed by atoms with Gasteiger partial charge in [0.1, 0.15) is 0 Å². The van der Waals surface area contributed by atoms with Crippen LogP contribution in [0.2, 0.25) is 5.02 Å². The summed E-state index contributed by atoms with van der Waals surface area (Å²) in [5.74, 6) is -2.84. The van der Waals surface area contributed by atoms with Crippen LogP contribution >= 0.6 is 11.6 Å². The van der Waals surface area contributed by atoms with Crippen molar-refractivity contribution in [3.63, 3.8) is 0 Å². The van der Waals surface area contributed by atoms with Crippen LogP contribution in [0.15, 0.2) is 42.5 Å². The Morgan fingerprint density at radius 3 is 2.38 bits per heavy atom. The normalized spacial score (nSPS) is 12.1. The first kappa shape index (κ1) is 17.6. The number of fused-ring (bicyclic) bond motifs is 1. The maximum atomic E-state index is 12.9. The number of H-pyrrole nitrogens is 1. The summed E-state index contributed by atoms with van der Waals surface area (Å²) >= 11 is 5.97. The molecule has 1 heterocycles. The molecule has 0 saturated carbocycles. The molecule has 1 N–H and O–H groups in total. The molecule has 0 bridgehead atoms. The van der Waals surface area contributed by atoms with E-state index in [1.807, 2.05) is 0 Å². The van der Waals surface area contributed by atoms with Gasteiger partial charge in [0.05, 0.1) is 10.6 Å². The summed E-state index contributed by atoms with van der Waals surface area (Å²) in [4.78, 5) is 37.4. The van der Waals surface area contributed by atoms with Gasteiger partial charge in [0, 0.05) is 45.5 Å². The number of carbonyl (C=O) groups is 2. The van der Waals surface area contributed by atoms with Crippen LogP contribution in [0, 0.1) is 10.1 Å². The van der Waals surface area contributed by atoms with Crippen molar-refractivity contribution in [1.29, 1.82) is 0 Å². The molecule has 0 amide bonds. The Balaban J connectivity index is 2.16. The van der Waals surface area contributed by atoms with Gasteiger partial charge in [-0.15, -0.1) is 0 Å². The molecule has 2 aromatic carbocycles. The third-order valence-corrected chi connectivity index (χ3v) is 4.39. The van der Waals surface area contributed by atoms with Crippen LogP contribution in [0.25, 0.3) is 10.9 Å². The second-order valence-electron chi connectivity index (χ2n) is 5.78. The number of carbonyl (C=O) groups excluding carboxylic acids is 2. The van der Waals surface area contributed by atoms with E-state index in [-0.39, 0.29) is 16.9 Å². The summed E-state index contributed by atoms with van der Waals surface area (Å²) < 4.78 is 0. The molecule has 3 aromatic rings. The molecule has 0 radical (unpaired) electrons. The van der Waals surface area contributed by atoms with E-state index in [9.17, 15) is 24.8 Å². The Morgan fingerprint density at radius 2 is 1.81 bits per heavy atom. The molecular weight excluding hydrogens is 360 g/mol. The largest absolute Gasteiger partial charge is 0.550 e. The van der Waals surface area contributed by atoms with E-state index in [1.54, 1.807) is 18.2 Å². The number of non-ortho nitro benzene ring substituents is 1. The van der Waals surface area contributed by atoms with Crippen LogP contribution in [0.4, 0.5) is 5.69 Å². The topological polar surface area (TPSA) is 116 Å². The third-order valence-electron chi connectivity index (χ3n) is 4.15. The van der Waals surface area contributed by atoms with Gasteiger partial charge in [0.2, 0.25) is 5.78 Å². The van der Waals surface area contributed by atoms with Gasteiger partial charge in [-0.1, -0.05) is 24.6 Å². The molecule has 7 nitrogen and oxygen atoms in total. The van der Waals surface area contributed by atoms with Gasteiger partial charge in [-0.3, -0.25) is 14.9 Å². The Hall–Kier alpha value is -3.19. The van der Waals surface area contributed by atoms with Gasteiger partial charge in [0.15, 0.2) is 0 Å². The summed E-state index contributed by atoms with van der Waals surface area (Å²) in [6, 6.07) is 9.91. The van der Waals surface area contributed by atoms with E-state index in [0.717, 1.165) is 0 Å². The van der Waals surface area contributed by atoms with Crippen molar-refractivity contribution in [2.75, 3.05) is 0 Å². The first-order valence-electron chi connectivity index (χ1n) is 7.60. The number of hydrogen-bond acceptors (Lipinski definition) is 5. The molecule has 26 heavy (non-hydrogen) atoms. The Bertz CT molecular complexity index is 1040. The molecule has 0 fully saturated rings. The number of carboxylic acid groups (broad SMARTS) is 1. The van der Waals surface area contributed by atoms with Crippen LogP contribution in [0.5, 0.6) is 0 Å². The van der Waals surface area contributed by atoms with Crippen molar-refractivity contribution in [2.24, 2.45) is 0 Å². The lowest BCUT2D eigenvalue weighted by atomic mass is 9.94. The lowest BCUT2D eigenvalue weighted by Crippen LogP contribution is -2.28. The highest BCUT2D eigenvalue weighted by atomic mass is 35.5. The number of aliphatic carboxylic acids is 1. The van der Waals surface area contributed by atoms with Crippen molar-refractivity contribution in [1.82, 2.24) is 4.98 Å². The van der Waals surface area contributed by atoms with E-state index in [2.05, 4.69) is 4.98 Å². The van der Waals surface area contributed by atoms with Gasteiger partial charge in [0.25, 0.3) is 5.69 Å². The zero-order valence-electron chi connectivity index (χ0n) is 13.5. The minimum Gasteiger partial charge on any atom is -0.550 e. The SMILES string of the molecule is CC(C(=O)[O-])c1c(C(=O)c2ccc([N+](=O)[O-])cc2)[nH]c2cc(Cl)ccc12. The number of hydrogen-bond donors (Lipinski definition) is 1. The number of halogens is 1. The van der Waals surface area contributed by atoms with Gasteiger partial charge in [-0.05, 0) is 29.8 Å². The summed E-state index contributed by atoms with van der Waals surface area (Å²) in [6.45, 7) is 1.43. The zero-order chi connectivity index (χ0) is 19.0. The lowest BCUT2D eigenvalue weighted by molar-refractivity contribution is -0.384. The number of nitrogens with zero attached hydrogens (tertiary/aromatic N) is 1. The van der Waals surface area contributed by atoms with Crippen molar-refractivity contribution >= 4 is 39.9 Å². The molecule has 8 heteroatoms. The second-order valence-corrected chi connectivity index (χ2v) is 6.21. The van der Waals surface area contributed by atoms with Crippen molar-refractivity contribution in [3.8, 4) is 0 Å². The van der Waals surface area contributed by atoms with Crippen LogP contribution in [0.1, 0.15) is 34.5 Å². The number of aromatic amines is 1. The standard InChI is InChI=1S/C18H13ClN2O5/c1-9(18(23)24)15-13-7-4-11(19)8-14(13)20-16(15)17(22)10-2-5-12(6-3-10)21(25)26/h2-9,20H,1H3,(H,23,24)/p-1. The molecule has 0 saturated heterocycles. The maximum Gasteiger partial charge on any atom is 0.269 e. The van der Waals surface area contributed by atoms with Crippen LogP contribution in [-0.2, 0) is 4.79 Å². The van der Waals surface area contributed by atoms with Gasteiger partial charge in [-0.25, -0.2) is 0 Å². The van der Waals surface area contributed by atoms with Gasteiger partial charge >= 0.3 is 0 Å². The molecule has 1 atom stereocenters. The van der Waals surface area contributed by atoms with Crippen molar-refractivity contribution in [3.05, 3.63) is 74.4 Å². The minimum absolute atomic E-state index is 0.0906. The Labute approximate surface area is 152 Å². The quantitative estimate of drug-likeness (QED) is 0.420. The first-order chi connectivity index (χ1) is 12.3. The minimum atomic E-state index is -1.32. The number of rotatable bonds is 5. The van der Waals surface area contributed by atoms with Crippen LogP contribution in [0.3, 0.4) is 0 Å². The summed E-state index contributed by atoms with van der Waals surface area (Å²) in [5, 5.41) is 23.1. The lowest BCUT2D eigenvalue weighted by Gasteiger charge is -2.14. The fraction of sp³-hybridized carbons (Fsp3) is 0.111. The Morgan fingerprint density at radius 1 is 1.15 bits per heavy atom. The van der Waals surface area contributed by atoms with Crippen molar-refractivity contribution in [2.45, 2.75) is 12.8 Å². The van der Waals surface area contributed by atoms with Crippen LogP contribution < -0.4 is 5.11 Å². The van der Waals surface area contributed by atoms with E-state index in [4.69, 9.17) is 11.6 Å². The fourth-order valence-electron chi connectivity index (χ4n) is 2.82. The highest BCUT2D eigenvalue weighted by Crippen LogP contribution is 2.32. The van der Waals surface area contributed by atoms with E-state index in [0.29, 0.717) is 21.5 Å². The van der Waals surface area contributed by atoms with Crippen molar-refractivity contribution < 1.29 is 19.6 Å². The van der Waals surface area contributed by atoms with E-state index in [1.165, 1.54) is 31.2 Å².